The minimum absolute atomic E-state index is 0.0771. The Morgan fingerprint density at radius 2 is 1.97 bits per heavy atom. The maximum absolute atomic E-state index is 12.6. The second-order valence-corrected chi connectivity index (χ2v) is 9.81. The Morgan fingerprint density at radius 3 is 2.73 bits per heavy atom. The summed E-state index contributed by atoms with van der Waals surface area (Å²) in [7, 11) is -2.00. The highest BCUT2D eigenvalue weighted by molar-refractivity contribution is 7.92. The zero-order valence-corrected chi connectivity index (χ0v) is 18.8. The molecule has 174 valence electrons. The third-order valence-electron chi connectivity index (χ3n) is 5.52. The fourth-order valence-electron chi connectivity index (χ4n) is 3.87. The highest BCUT2D eigenvalue weighted by atomic mass is 32.2. The third-order valence-corrected chi connectivity index (χ3v) is 7.38. The van der Waals surface area contributed by atoms with Crippen molar-refractivity contribution in [3.8, 4) is 5.75 Å². The van der Waals surface area contributed by atoms with Crippen LogP contribution >= 0.6 is 0 Å². The number of carbonyl (C=O) groups excluding carboxylic acids is 3. The molecule has 10 nitrogen and oxygen atoms in total. The summed E-state index contributed by atoms with van der Waals surface area (Å²) in [5.41, 5.74) is 1.49. The molecule has 1 atom stereocenters. The first kappa shape index (κ1) is 22.6. The van der Waals surface area contributed by atoms with E-state index in [1.807, 2.05) is 0 Å². The van der Waals surface area contributed by atoms with Crippen LogP contribution in [0, 0.1) is 0 Å². The maximum atomic E-state index is 12.6. The number of para-hydroxylation sites is 1. The van der Waals surface area contributed by atoms with Crippen molar-refractivity contribution in [2.24, 2.45) is 0 Å². The van der Waals surface area contributed by atoms with Gasteiger partial charge in [-0.3, -0.25) is 18.7 Å². The molecule has 11 heteroatoms. The quantitative estimate of drug-likeness (QED) is 0.607. The van der Waals surface area contributed by atoms with Gasteiger partial charge >= 0.3 is 0 Å². The summed E-state index contributed by atoms with van der Waals surface area (Å²) in [6.07, 6.45) is 1.09. The number of hydrogen-bond acceptors (Lipinski definition) is 6. The van der Waals surface area contributed by atoms with Crippen LogP contribution in [0.3, 0.4) is 0 Å². The normalized spacial score (nSPS) is 19.5. The molecule has 2 aliphatic rings. The lowest BCUT2D eigenvalue weighted by atomic mass is 10.1. The first-order chi connectivity index (χ1) is 15.8. The molecule has 4 rings (SSSR count). The van der Waals surface area contributed by atoms with Crippen LogP contribution in [0.15, 0.2) is 42.5 Å². The van der Waals surface area contributed by atoms with Gasteiger partial charge in [0.1, 0.15) is 11.8 Å². The second-order valence-electron chi connectivity index (χ2n) is 7.80. The molecule has 3 amide bonds. The van der Waals surface area contributed by atoms with Gasteiger partial charge in [0.15, 0.2) is 0 Å². The average molecular weight is 473 g/mol. The van der Waals surface area contributed by atoms with Gasteiger partial charge in [0, 0.05) is 18.3 Å². The van der Waals surface area contributed by atoms with Crippen LogP contribution < -0.4 is 25.0 Å². The summed E-state index contributed by atoms with van der Waals surface area (Å²) < 4.78 is 31.6. The van der Waals surface area contributed by atoms with Gasteiger partial charge in [-0.1, -0.05) is 12.1 Å². The van der Waals surface area contributed by atoms with Gasteiger partial charge in [-0.2, -0.15) is 0 Å². The largest absolute Gasteiger partial charge is 0.494 e. The minimum Gasteiger partial charge on any atom is -0.494 e. The second kappa shape index (κ2) is 9.10. The van der Waals surface area contributed by atoms with Crippen LogP contribution in [-0.2, 0) is 19.6 Å². The molecule has 2 aromatic carbocycles. The number of amides is 3. The monoisotopic (exact) mass is 472 g/mol. The van der Waals surface area contributed by atoms with Crippen LogP contribution in [0.1, 0.15) is 29.6 Å². The van der Waals surface area contributed by atoms with Crippen molar-refractivity contribution in [2.75, 3.05) is 34.3 Å². The van der Waals surface area contributed by atoms with Gasteiger partial charge in [-0.25, -0.2) is 8.42 Å². The topological polar surface area (TPSA) is 134 Å². The van der Waals surface area contributed by atoms with E-state index < -0.39 is 33.8 Å². The van der Waals surface area contributed by atoms with Crippen LogP contribution in [0.2, 0.25) is 0 Å². The number of fused-ring (bicyclic) bond motifs is 1. The van der Waals surface area contributed by atoms with Gasteiger partial charge in [-0.15, -0.1) is 0 Å². The molecular formula is C22H24N4O6S. The third kappa shape index (κ3) is 4.77. The van der Waals surface area contributed by atoms with Crippen molar-refractivity contribution in [1.82, 2.24) is 5.32 Å². The maximum Gasteiger partial charge on any atom is 0.254 e. The lowest BCUT2D eigenvalue weighted by Gasteiger charge is -2.29. The van der Waals surface area contributed by atoms with E-state index in [0.29, 0.717) is 41.3 Å². The molecule has 0 bridgehead atoms. The number of sulfonamides is 1. The number of hydrogen-bond donors (Lipinski definition) is 3. The Labute approximate surface area is 191 Å². The number of benzene rings is 2. The molecule has 33 heavy (non-hydrogen) atoms. The zero-order valence-electron chi connectivity index (χ0n) is 18.0. The minimum atomic E-state index is -3.42. The molecule has 1 fully saturated rings. The van der Waals surface area contributed by atoms with Crippen LogP contribution in [-0.4, -0.2) is 51.6 Å². The lowest BCUT2D eigenvalue weighted by Crippen LogP contribution is -2.43. The number of nitrogens with one attached hydrogen (secondary N) is 3. The highest BCUT2D eigenvalue weighted by Gasteiger charge is 2.30. The molecule has 0 radical (unpaired) electrons. The smallest absolute Gasteiger partial charge is 0.254 e. The number of nitrogens with zero attached hydrogens (tertiary/aromatic N) is 1. The van der Waals surface area contributed by atoms with Gasteiger partial charge < -0.3 is 20.7 Å². The standard InChI is InChI=1S/C22H24N4O6S/c1-32-19-12-14(8-9-18(19)26-10-4-5-11-33(26,30)31)23-20(27)13-17-22(29)24-16-7-3-2-6-15(16)21(28)25-17/h2-3,6-9,12,17H,4-5,10-11,13H2,1H3,(H,23,27)(H,24,29)(H,25,28)/t17-/m1/s1. The van der Waals surface area contributed by atoms with E-state index in [1.165, 1.54) is 17.5 Å². The van der Waals surface area contributed by atoms with Gasteiger partial charge in [0.05, 0.1) is 36.2 Å². The Kier molecular flexibility index (Phi) is 6.23. The van der Waals surface area contributed by atoms with E-state index in [4.69, 9.17) is 4.74 Å². The van der Waals surface area contributed by atoms with Crippen molar-refractivity contribution in [2.45, 2.75) is 25.3 Å². The van der Waals surface area contributed by atoms with Gasteiger partial charge in [0.25, 0.3) is 5.91 Å². The number of anilines is 3. The fourth-order valence-corrected chi connectivity index (χ4v) is 5.52. The van der Waals surface area contributed by atoms with E-state index >= 15 is 0 Å². The Balaban J connectivity index is 1.47. The lowest BCUT2D eigenvalue weighted by molar-refractivity contribution is -0.122. The molecule has 0 saturated carbocycles. The number of rotatable bonds is 5. The molecular weight excluding hydrogens is 448 g/mol. The van der Waals surface area contributed by atoms with E-state index in [2.05, 4.69) is 16.0 Å². The van der Waals surface area contributed by atoms with Crippen molar-refractivity contribution >= 4 is 44.8 Å². The first-order valence-corrected chi connectivity index (χ1v) is 12.1. The molecule has 3 N–H and O–H groups in total. The SMILES string of the molecule is COc1cc(NC(=O)C[C@H]2NC(=O)c3ccccc3NC2=O)ccc1N1CCCCS1(=O)=O. The van der Waals surface area contributed by atoms with Crippen molar-refractivity contribution in [3.63, 3.8) is 0 Å². The average Bonchev–Trinajstić information content (AvgIpc) is 2.89. The predicted molar refractivity (Wildman–Crippen MR) is 123 cm³/mol. The molecule has 0 unspecified atom stereocenters. The Morgan fingerprint density at radius 1 is 1.18 bits per heavy atom. The number of carbonyl (C=O) groups is 3. The van der Waals surface area contributed by atoms with E-state index in [0.717, 1.165) is 6.42 Å². The van der Waals surface area contributed by atoms with Crippen molar-refractivity contribution in [3.05, 3.63) is 48.0 Å². The van der Waals surface area contributed by atoms with E-state index in [1.54, 1.807) is 36.4 Å². The summed E-state index contributed by atoms with van der Waals surface area (Å²) >= 11 is 0. The van der Waals surface area contributed by atoms with Gasteiger partial charge in [0.2, 0.25) is 21.8 Å². The molecule has 1 saturated heterocycles. The van der Waals surface area contributed by atoms with Crippen molar-refractivity contribution < 1.29 is 27.5 Å². The summed E-state index contributed by atoms with van der Waals surface area (Å²) in [6.45, 7) is 0.364. The fraction of sp³-hybridized carbons (Fsp3) is 0.318. The molecule has 2 heterocycles. The van der Waals surface area contributed by atoms with Crippen LogP contribution in [0.5, 0.6) is 5.75 Å². The van der Waals surface area contributed by atoms with Crippen LogP contribution in [0.25, 0.3) is 0 Å². The summed E-state index contributed by atoms with van der Waals surface area (Å²) in [4.78, 5) is 37.5. The Hall–Kier alpha value is -3.60. The molecule has 0 aromatic heterocycles. The molecule has 2 aliphatic heterocycles. The van der Waals surface area contributed by atoms with Crippen molar-refractivity contribution in [1.29, 1.82) is 0 Å². The number of methoxy groups -OCH3 is 1. The summed E-state index contributed by atoms with van der Waals surface area (Å²) in [6, 6.07) is 10.2. The van der Waals surface area contributed by atoms with E-state index in [9.17, 15) is 22.8 Å². The Bertz CT molecular complexity index is 1210. The predicted octanol–water partition coefficient (Wildman–Crippen LogP) is 1.70. The van der Waals surface area contributed by atoms with Gasteiger partial charge in [-0.05, 0) is 37.1 Å². The summed E-state index contributed by atoms with van der Waals surface area (Å²) in [5.74, 6) is -1.06. The first-order valence-electron chi connectivity index (χ1n) is 10.5. The number of ether oxygens (including phenoxy) is 1. The van der Waals surface area contributed by atoms with E-state index in [-0.39, 0.29) is 12.2 Å². The molecule has 0 aliphatic carbocycles. The summed E-state index contributed by atoms with van der Waals surface area (Å²) in [5, 5.41) is 7.91. The molecule has 0 spiro atoms. The molecule has 2 aromatic rings. The highest BCUT2D eigenvalue weighted by Crippen LogP contribution is 2.35. The zero-order chi connectivity index (χ0) is 23.6. The van der Waals surface area contributed by atoms with Crippen LogP contribution in [0.4, 0.5) is 17.1 Å².